The fourth-order valence-corrected chi connectivity index (χ4v) is 1.97. The first-order valence-electron chi connectivity index (χ1n) is 5.34. The summed E-state index contributed by atoms with van der Waals surface area (Å²) in [7, 11) is -3.16. The monoisotopic (exact) mass is 241 g/mol. The summed E-state index contributed by atoms with van der Waals surface area (Å²) < 4.78 is 27.8. The molecule has 4 nitrogen and oxygen atoms in total. The van der Waals surface area contributed by atoms with E-state index in [1.54, 1.807) is 6.07 Å². The SMILES string of the molecule is CS(=O)(=O)c1ccc(OCCC2CC2)nc1. The van der Waals surface area contributed by atoms with Crippen LogP contribution in [0.25, 0.3) is 0 Å². The molecule has 1 aliphatic carbocycles. The van der Waals surface area contributed by atoms with Gasteiger partial charge in [0.2, 0.25) is 5.88 Å². The number of pyridine rings is 1. The average Bonchev–Trinajstić information content (AvgIpc) is 3.01. The summed E-state index contributed by atoms with van der Waals surface area (Å²) in [6, 6.07) is 3.12. The van der Waals surface area contributed by atoms with Crippen molar-refractivity contribution < 1.29 is 13.2 Å². The molecule has 5 heteroatoms. The minimum Gasteiger partial charge on any atom is -0.478 e. The third kappa shape index (κ3) is 3.20. The molecular formula is C11H15NO3S. The van der Waals surface area contributed by atoms with Crippen LogP contribution in [0.15, 0.2) is 23.2 Å². The average molecular weight is 241 g/mol. The summed E-state index contributed by atoms with van der Waals surface area (Å²) >= 11 is 0. The summed E-state index contributed by atoms with van der Waals surface area (Å²) in [5.74, 6) is 1.32. The fraction of sp³-hybridized carbons (Fsp3) is 0.545. The third-order valence-electron chi connectivity index (χ3n) is 2.61. The molecule has 0 unspecified atom stereocenters. The van der Waals surface area contributed by atoms with Crippen LogP contribution in [0.3, 0.4) is 0 Å². The van der Waals surface area contributed by atoms with Crippen molar-refractivity contribution in [1.82, 2.24) is 4.98 Å². The van der Waals surface area contributed by atoms with Crippen molar-refractivity contribution in [3.63, 3.8) is 0 Å². The van der Waals surface area contributed by atoms with Gasteiger partial charge in [-0.2, -0.15) is 0 Å². The van der Waals surface area contributed by atoms with Crippen molar-refractivity contribution in [2.45, 2.75) is 24.2 Å². The molecule has 1 aromatic heterocycles. The highest BCUT2D eigenvalue weighted by Crippen LogP contribution is 2.32. The Labute approximate surface area is 95.6 Å². The number of nitrogens with zero attached hydrogens (tertiary/aromatic N) is 1. The van der Waals surface area contributed by atoms with Crippen LogP contribution in [0, 0.1) is 5.92 Å². The lowest BCUT2D eigenvalue weighted by Crippen LogP contribution is -2.02. The molecule has 1 fully saturated rings. The van der Waals surface area contributed by atoms with E-state index in [1.165, 1.54) is 25.1 Å². The molecule has 88 valence electrons. The largest absolute Gasteiger partial charge is 0.478 e. The lowest BCUT2D eigenvalue weighted by atomic mass is 10.3. The summed E-state index contributed by atoms with van der Waals surface area (Å²) in [4.78, 5) is 4.19. The predicted molar refractivity (Wildman–Crippen MR) is 60.2 cm³/mol. The van der Waals surface area contributed by atoms with Crippen LogP contribution in [0.1, 0.15) is 19.3 Å². The van der Waals surface area contributed by atoms with E-state index in [0.29, 0.717) is 12.5 Å². The van der Waals surface area contributed by atoms with E-state index in [9.17, 15) is 8.42 Å². The van der Waals surface area contributed by atoms with Gasteiger partial charge >= 0.3 is 0 Å². The Morgan fingerprint density at radius 1 is 1.44 bits per heavy atom. The first-order valence-corrected chi connectivity index (χ1v) is 7.24. The molecule has 16 heavy (non-hydrogen) atoms. The van der Waals surface area contributed by atoms with Gasteiger partial charge in [0.15, 0.2) is 9.84 Å². The van der Waals surface area contributed by atoms with E-state index >= 15 is 0 Å². The van der Waals surface area contributed by atoms with E-state index in [4.69, 9.17) is 4.74 Å². The minimum absolute atomic E-state index is 0.224. The van der Waals surface area contributed by atoms with E-state index in [0.717, 1.165) is 18.6 Å². The van der Waals surface area contributed by atoms with Gasteiger partial charge in [0, 0.05) is 18.5 Å². The topological polar surface area (TPSA) is 56.3 Å². The highest BCUT2D eigenvalue weighted by atomic mass is 32.2. The first kappa shape index (κ1) is 11.4. The van der Waals surface area contributed by atoms with Gasteiger partial charge in [0.1, 0.15) is 0 Å². The van der Waals surface area contributed by atoms with Crippen molar-refractivity contribution in [2.75, 3.05) is 12.9 Å². The molecule has 0 aliphatic heterocycles. The van der Waals surface area contributed by atoms with Crippen molar-refractivity contribution in [3.05, 3.63) is 18.3 Å². The van der Waals surface area contributed by atoms with Crippen LogP contribution in [0.2, 0.25) is 0 Å². The van der Waals surface area contributed by atoms with Gasteiger partial charge in [0.05, 0.1) is 11.5 Å². The summed E-state index contributed by atoms with van der Waals surface area (Å²) in [6.07, 6.45) is 6.18. The molecule has 0 atom stereocenters. The number of hydrogen-bond donors (Lipinski definition) is 0. The molecule has 0 amide bonds. The van der Waals surface area contributed by atoms with Crippen LogP contribution in [-0.2, 0) is 9.84 Å². The quantitative estimate of drug-likeness (QED) is 0.786. The van der Waals surface area contributed by atoms with E-state index < -0.39 is 9.84 Å². The maximum atomic E-state index is 11.2. The molecule has 1 saturated carbocycles. The second kappa shape index (κ2) is 4.41. The van der Waals surface area contributed by atoms with Crippen molar-refractivity contribution in [2.24, 2.45) is 5.92 Å². The van der Waals surface area contributed by atoms with E-state index in [-0.39, 0.29) is 4.90 Å². The van der Waals surface area contributed by atoms with Gasteiger partial charge in [-0.3, -0.25) is 0 Å². The zero-order valence-electron chi connectivity index (χ0n) is 9.22. The van der Waals surface area contributed by atoms with Crippen LogP contribution in [0.4, 0.5) is 0 Å². The molecule has 2 rings (SSSR count). The summed E-state index contributed by atoms with van der Waals surface area (Å²) in [6.45, 7) is 0.663. The predicted octanol–water partition coefficient (Wildman–Crippen LogP) is 1.66. The number of rotatable bonds is 5. The van der Waals surface area contributed by atoms with Crippen LogP contribution in [0.5, 0.6) is 5.88 Å². The van der Waals surface area contributed by atoms with Gasteiger partial charge < -0.3 is 4.74 Å². The van der Waals surface area contributed by atoms with Crippen LogP contribution < -0.4 is 4.74 Å². The Kier molecular flexibility index (Phi) is 3.14. The second-order valence-electron chi connectivity index (χ2n) is 4.18. The number of ether oxygens (including phenoxy) is 1. The van der Waals surface area contributed by atoms with Gasteiger partial charge in [-0.1, -0.05) is 12.8 Å². The van der Waals surface area contributed by atoms with Gasteiger partial charge in [-0.25, -0.2) is 13.4 Å². The molecular weight excluding hydrogens is 226 g/mol. The fourth-order valence-electron chi connectivity index (χ4n) is 1.41. The Balaban J connectivity index is 1.90. The molecule has 0 bridgehead atoms. The van der Waals surface area contributed by atoms with Gasteiger partial charge in [0.25, 0.3) is 0 Å². The highest BCUT2D eigenvalue weighted by molar-refractivity contribution is 7.90. The molecule has 1 heterocycles. The molecule has 0 spiro atoms. The maximum absolute atomic E-state index is 11.2. The zero-order valence-corrected chi connectivity index (χ0v) is 10.0. The smallest absolute Gasteiger partial charge is 0.213 e. The van der Waals surface area contributed by atoms with Crippen molar-refractivity contribution in [1.29, 1.82) is 0 Å². The number of aromatic nitrogens is 1. The van der Waals surface area contributed by atoms with Crippen LogP contribution in [-0.4, -0.2) is 26.3 Å². The molecule has 0 aromatic carbocycles. The van der Waals surface area contributed by atoms with Crippen LogP contribution >= 0.6 is 0 Å². The zero-order chi connectivity index (χ0) is 11.6. The van der Waals surface area contributed by atoms with Crippen molar-refractivity contribution >= 4 is 9.84 Å². The lowest BCUT2D eigenvalue weighted by molar-refractivity contribution is 0.291. The Morgan fingerprint density at radius 2 is 2.19 bits per heavy atom. The number of sulfone groups is 1. The third-order valence-corrected chi connectivity index (χ3v) is 3.71. The van der Waals surface area contributed by atoms with E-state index in [2.05, 4.69) is 4.98 Å². The van der Waals surface area contributed by atoms with Gasteiger partial charge in [-0.05, 0) is 18.4 Å². The second-order valence-corrected chi connectivity index (χ2v) is 6.20. The molecule has 1 aromatic rings. The van der Waals surface area contributed by atoms with Gasteiger partial charge in [-0.15, -0.1) is 0 Å². The molecule has 0 radical (unpaired) electrons. The Bertz CT molecular complexity index is 449. The summed E-state index contributed by atoms with van der Waals surface area (Å²) in [5, 5.41) is 0. The molecule has 0 saturated heterocycles. The highest BCUT2D eigenvalue weighted by Gasteiger charge is 2.20. The number of hydrogen-bond acceptors (Lipinski definition) is 4. The Hall–Kier alpha value is -1.10. The first-order chi connectivity index (χ1) is 7.55. The molecule has 0 N–H and O–H groups in total. The summed E-state index contributed by atoms with van der Waals surface area (Å²) in [5.41, 5.74) is 0. The Morgan fingerprint density at radius 3 is 2.69 bits per heavy atom. The minimum atomic E-state index is -3.16. The van der Waals surface area contributed by atoms with Crippen molar-refractivity contribution in [3.8, 4) is 5.88 Å². The van der Waals surface area contributed by atoms with E-state index in [1.807, 2.05) is 0 Å². The standard InChI is InChI=1S/C11H15NO3S/c1-16(13,14)10-4-5-11(12-8-10)15-7-6-9-2-3-9/h4-5,8-9H,2-3,6-7H2,1H3. The molecule has 1 aliphatic rings. The maximum Gasteiger partial charge on any atom is 0.213 e. The lowest BCUT2D eigenvalue weighted by Gasteiger charge is -2.04. The normalized spacial score (nSPS) is 16.1.